The van der Waals surface area contributed by atoms with E-state index in [0.717, 1.165) is 71.1 Å². The number of rotatable bonds is 12. The first-order valence-corrected chi connectivity index (χ1v) is 11.1. The fourth-order valence-corrected chi connectivity index (χ4v) is 3.45. The number of piperidine rings is 1. The van der Waals surface area contributed by atoms with Gasteiger partial charge in [0.25, 0.3) is 0 Å². The molecule has 1 aliphatic heterocycles. The SMILES string of the molecule is CCCOCc1ccccc1CN=C(NCC)N1CCC(OCCCOC)CC1. The summed E-state index contributed by atoms with van der Waals surface area (Å²) in [4.78, 5) is 7.28. The lowest BCUT2D eigenvalue weighted by molar-refractivity contribution is 0.00990. The minimum Gasteiger partial charge on any atom is -0.385 e. The third-order valence-corrected chi connectivity index (χ3v) is 5.05. The summed E-state index contributed by atoms with van der Waals surface area (Å²) in [6.07, 6.45) is 4.43. The summed E-state index contributed by atoms with van der Waals surface area (Å²) in [5.74, 6) is 0.995. The standard InChI is InChI=1S/C23H39N3O3/c1-4-15-28-19-21-10-7-6-9-20(21)18-25-23(24-5-2)26-13-11-22(12-14-26)29-17-8-16-27-3/h6-7,9-10,22H,4-5,8,11-19H2,1-3H3,(H,24,25). The van der Waals surface area contributed by atoms with E-state index < -0.39 is 0 Å². The lowest BCUT2D eigenvalue weighted by atomic mass is 10.1. The highest BCUT2D eigenvalue weighted by Gasteiger charge is 2.21. The van der Waals surface area contributed by atoms with Gasteiger partial charge in [-0.05, 0) is 43.7 Å². The molecule has 1 saturated heterocycles. The Hall–Kier alpha value is -1.63. The molecule has 6 nitrogen and oxygen atoms in total. The van der Waals surface area contributed by atoms with Gasteiger partial charge in [0.1, 0.15) is 0 Å². The van der Waals surface area contributed by atoms with Crippen LogP contribution in [0, 0.1) is 0 Å². The Balaban J connectivity index is 1.89. The summed E-state index contributed by atoms with van der Waals surface area (Å²) in [6, 6.07) is 8.44. The summed E-state index contributed by atoms with van der Waals surface area (Å²) >= 11 is 0. The Morgan fingerprint density at radius 1 is 1.10 bits per heavy atom. The smallest absolute Gasteiger partial charge is 0.194 e. The molecule has 1 heterocycles. The molecule has 0 unspecified atom stereocenters. The van der Waals surface area contributed by atoms with Gasteiger partial charge in [-0.3, -0.25) is 0 Å². The monoisotopic (exact) mass is 405 g/mol. The average Bonchev–Trinajstić information content (AvgIpc) is 2.76. The van der Waals surface area contributed by atoms with E-state index in [0.29, 0.717) is 19.3 Å². The summed E-state index contributed by atoms with van der Waals surface area (Å²) in [5.41, 5.74) is 2.46. The van der Waals surface area contributed by atoms with Crippen molar-refractivity contribution in [2.75, 3.05) is 46.6 Å². The molecule has 1 aromatic rings. The number of nitrogens with one attached hydrogen (secondary N) is 1. The van der Waals surface area contributed by atoms with Crippen molar-refractivity contribution in [1.82, 2.24) is 10.2 Å². The Morgan fingerprint density at radius 3 is 2.55 bits per heavy atom. The second kappa shape index (κ2) is 14.4. The first-order valence-electron chi connectivity index (χ1n) is 11.1. The first-order chi connectivity index (χ1) is 14.3. The van der Waals surface area contributed by atoms with Crippen molar-refractivity contribution in [2.45, 2.75) is 58.8 Å². The Bertz CT molecular complexity index is 586. The van der Waals surface area contributed by atoms with Gasteiger partial charge < -0.3 is 24.4 Å². The van der Waals surface area contributed by atoms with Crippen LogP contribution in [0.4, 0.5) is 0 Å². The highest BCUT2D eigenvalue weighted by Crippen LogP contribution is 2.16. The lowest BCUT2D eigenvalue weighted by Gasteiger charge is -2.34. The van der Waals surface area contributed by atoms with Gasteiger partial charge in [0, 0.05) is 46.6 Å². The predicted molar refractivity (Wildman–Crippen MR) is 118 cm³/mol. The molecule has 1 N–H and O–H groups in total. The maximum atomic E-state index is 5.98. The number of aliphatic imine (C=N–C) groups is 1. The van der Waals surface area contributed by atoms with Crippen molar-refractivity contribution in [3.63, 3.8) is 0 Å². The zero-order valence-electron chi connectivity index (χ0n) is 18.5. The van der Waals surface area contributed by atoms with Gasteiger partial charge in [0.2, 0.25) is 0 Å². The molecule has 29 heavy (non-hydrogen) atoms. The number of likely N-dealkylation sites (tertiary alicyclic amines) is 1. The van der Waals surface area contributed by atoms with Crippen LogP contribution in [-0.4, -0.2) is 63.5 Å². The molecule has 0 spiro atoms. The highest BCUT2D eigenvalue weighted by atomic mass is 16.5. The quantitative estimate of drug-likeness (QED) is 0.327. The van der Waals surface area contributed by atoms with Crippen LogP contribution in [0.2, 0.25) is 0 Å². The van der Waals surface area contributed by atoms with Crippen LogP contribution in [-0.2, 0) is 27.4 Å². The molecule has 0 saturated carbocycles. The molecule has 0 atom stereocenters. The normalized spacial score (nSPS) is 15.7. The maximum Gasteiger partial charge on any atom is 0.194 e. The van der Waals surface area contributed by atoms with Gasteiger partial charge in [-0.25, -0.2) is 4.99 Å². The summed E-state index contributed by atoms with van der Waals surface area (Å²) in [5, 5.41) is 3.46. The Labute approximate surface area is 176 Å². The van der Waals surface area contributed by atoms with E-state index >= 15 is 0 Å². The predicted octanol–water partition coefficient (Wildman–Crippen LogP) is 3.60. The first kappa shape index (κ1) is 23.6. The molecular weight excluding hydrogens is 366 g/mol. The number of benzene rings is 1. The van der Waals surface area contributed by atoms with Gasteiger partial charge in [0.15, 0.2) is 5.96 Å². The van der Waals surface area contributed by atoms with Crippen LogP contribution in [0.1, 0.15) is 50.7 Å². The van der Waals surface area contributed by atoms with E-state index in [-0.39, 0.29) is 0 Å². The summed E-state index contributed by atoms with van der Waals surface area (Å²) in [7, 11) is 1.73. The topological polar surface area (TPSA) is 55.3 Å². The largest absolute Gasteiger partial charge is 0.385 e. The second-order valence-corrected chi connectivity index (χ2v) is 7.40. The number of nitrogens with zero attached hydrogens (tertiary/aromatic N) is 2. The van der Waals surface area contributed by atoms with Crippen molar-refractivity contribution in [1.29, 1.82) is 0 Å². The minimum absolute atomic E-state index is 0.349. The van der Waals surface area contributed by atoms with Gasteiger partial charge in [-0.1, -0.05) is 31.2 Å². The Morgan fingerprint density at radius 2 is 1.86 bits per heavy atom. The number of hydrogen-bond acceptors (Lipinski definition) is 4. The summed E-state index contributed by atoms with van der Waals surface area (Å²) < 4.78 is 16.8. The fraction of sp³-hybridized carbons (Fsp3) is 0.696. The van der Waals surface area contributed by atoms with Crippen molar-refractivity contribution in [3.05, 3.63) is 35.4 Å². The lowest BCUT2D eigenvalue weighted by Crippen LogP contribution is -2.47. The molecule has 0 amide bonds. The zero-order chi connectivity index (χ0) is 20.7. The molecule has 0 aliphatic carbocycles. The Kier molecular flexibility index (Phi) is 11.7. The minimum atomic E-state index is 0.349. The van der Waals surface area contributed by atoms with Crippen LogP contribution in [0.15, 0.2) is 29.3 Å². The molecule has 6 heteroatoms. The number of guanidine groups is 1. The molecule has 1 fully saturated rings. The van der Waals surface area contributed by atoms with Crippen LogP contribution < -0.4 is 5.32 Å². The molecule has 164 valence electrons. The van der Waals surface area contributed by atoms with Crippen molar-refractivity contribution in [2.24, 2.45) is 4.99 Å². The number of ether oxygens (including phenoxy) is 3. The number of methoxy groups -OCH3 is 1. The van der Waals surface area contributed by atoms with E-state index in [1.807, 2.05) is 0 Å². The van der Waals surface area contributed by atoms with E-state index in [9.17, 15) is 0 Å². The van der Waals surface area contributed by atoms with E-state index in [1.165, 1.54) is 11.1 Å². The van der Waals surface area contributed by atoms with Gasteiger partial charge in [-0.15, -0.1) is 0 Å². The van der Waals surface area contributed by atoms with E-state index in [2.05, 4.69) is 48.3 Å². The maximum absolute atomic E-state index is 5.98. The molecule has 0 aromatic heterocycles. The van der Waals surface area contributed by atoms with Crippen LogP contribution in [0.25, 0.3) is 0 Å². The molecule has 1 aromatic carbocycles. The fourth-order valence-electron chi connectivity index (χ4n) is 3.45. The third kappa shape index (κ3) is 8.72. The van der Waals surface area contributed by atoms with E-state index in [4.69, 9.17) is 19.2 Å². The third-order valence-electron chi connectivity index (χ3n) is 5.05. The van der Waals surface area contributed by atoms with Crippen LogP contribution in [0.3, 0.4) is 0 Å². The van der Waals surface area contributed by atoms with Gasteiger partial charge >= 0.3 is 0 Å². The average molecular weight is 406 g/mol. The number of hydrogen-bond donors (Lipinski definition) is 1. The van der Waals surface area contributed by atoms with Crippen LogP contribution in [0.5, 0.6) is 0 Å². The van der Waals surface area contributed by atoms with Crippen molar-refractivity contribution >= 4 is 5.96 Å². The highest BCUT2D eigenvalue weighted by molar-refractivity contribution is 5.80. The van der Waals surface area contributed by atoms with Crippen LogP contribution >= 0.6 is 0 Å². The van der Waals surface area contributed by atoms with E-state index in [1.54, 1.807) is 7.11 Å². The second-order valence-electron chi connectivity index (χ2n) is 7.40. The molecule has 0 bridgehead atoms. The molecule has 2 rings (SSSR count). The van der Waals surface area contributed by atoms with Crippen molar-refractivity contribution in [3.8, 4) is 0 Å². The van der Waals surface area contributed by atoms with Gasteiger partial charge in [-0.2, -0.15) is 0 Å². The zero-order valence-corrected chi connectivity index (χ0v) is 18.5. The van der Waals surface area contributed by atoms with Crippen molar-refractivity contribution < 1.29 is 14.2 Å². The molecular formula is C23H39N3O3. The molecule has 1 aliphatic rings. The summed E-state index contributed by atoms with van der Waals surface area (Å²) in [6.45, 7) is 10.7. The van der Waals surface area contributed by atoms with Gasteiger partial charge in [0.05, 0.1) is 19.3 Å². The molecule has 0 radical (unpaired) electrons.